The molecular formula is C19H28N2. The Kier molecular flexibility index (Phi) is 4.97. The van der Waals surface area contributed by atoms with E-state index >= 15 is 0 Å². The summed E-state index contributed by atoms with van der Waals surface area (Å²) in [6, 6.07) is 9.28. The van der Waals surface area contributed by atoms with Gasteiger partial charge in [-0.1, -0.05) is 63.6 Å². The van der Waals surface area contributed by atoms with Gasteiger partial charge in [0.1, 0.15) is 0 Å². The zero-order valence-electron chi connectivity index (χ0n) is 13.3. The van der Waals surface area contributed by atoms with Crippen molar-refractivity contribution in [3.8, 4) is 0 Å². The minimum absolute atomic E-state index is 0.535. The number of hydrogen-bond donors (Lipinski definition) is 2. The predicted octanol–water partition coefficient (Wildman–Crippen LogP) is 5.11. The van der Waals surface area contributed by atoms with E-state index < -0.39 is 0 Å². The van der Waals surface area contributed by atoms with Crippen LogP contribution >= 0.6 is 0 Å². The van der Waals surface area contributed by atoms with Crippen molar-refractivity contribution < 1.29 is 0 Å². The van der Waals surface area contributed by atoms with Crippen molar-refractivity contribution in [2.24, 2.45) is 0 Å². The number of aromatic amines is 1. The third-order valence-corrected chi connectivity index (χ3v) is 4.81. The lowest BCUT2D eigenvalue weighted by Gasteiger charge is -2.24. The molecule has 0 radical (unpaired) electrons. The van der Waals surface area contributed by atoms with Gasteiger partial charge >= 0.3 is 0 Å². The second-order valence-electron chi connectivity index (χ2n) is 6.38. The first kappa shape index (κ1) is 14.6. The number of fused-ring (bicyclic) bond motifs is 3. The molecule has 0 fully saturated rings. The maximum absolute atomic E-state index is 3.71. The molecule has 0 unspecified atom stereocenters. The van der Waals surface area contributed by atoms with Crippen LogP contribution in [0.2, 0.25) is 0 Å². The summed E-state index contributed by atoms with van der Waals surface area (Å²) < 4.78 is 0. The summed E-state index contributed by atoms with van der Waals surface area (Å²) in [5.41, 5.74) is 4.32. The number of benzene rings is 1. The van der Waals surface area contributed by atoms with E-state index in [2.05, 4.69) is 41.5 Å². The molecule has 1 aromatic heterocycles. The van der Waals surface area contributed by atoms with Crippen LogP contribution in [0.25, 0.3) is 10.9 Å². The van der Waals surface area contributed by atoms with Crippen LogP contribution in [-0.4, -0.2) is 11.5 Å². The molecule has 1 atom stereocenters. The summed E-state index contributed by atoms with van der Waals surface area (Å²) in [4.78, 5) is 3.66. The number of aromatic nitrogens is 1. The predicted molar refractivity (Wildman–Crippen MR) is 90.7 cm³/mol. The normalized spacial score (nSPS) is 18.0. The summed E-state index contributed by atoms with van der Waals surface area (Å²) in [7, 11) is 0. The van der Waals surface area contributed by atoms with Crippen molar-refractivity contribution in [1.29, 1.82) is 0 Å². The van der Waals surface area contributed by atoms with E-state index in [1.54, 1.807) is 5.56 Å². The minimum Gasteiger partial charge on any atom is -0.357 e. The second kappa shape index (κ2) is 7.13. The maximum atomic E-state index is 3.71. The van der Waals surface area contributed by atoms with Gasteiger partial charge in [0.2, 0.25) is 0 Å². The summed E-state index contributed by atoms with van der Waals surface area (Å²) in [6.07, 6.45) is 10.7. The Bertz CT molecular complexity index is 570. The summed E-state index contributed by atoms with van der Waals surface area (Å²) in [5, 5.41) is 5.14. The fourth-order valence-corrected chi connectivity index (χ4v) is 3.64. The van der Waals surface area contributed by atoms with Crippen LogP contribution in [0.5, 0.6) is 0 Å². The molecule has 0 amide bonds. The van der Waals surface area contributed by atoms with Gasteiger partial charge in [-0.15, -0.1) is 0 Å². The first-order chi connectivity index (χ1) is 10.4. The number of para-hydroxylation sites is 1. The smallest absolute Gasteiger partial charge is 0.0476 e. The highest BCUT2D eigenvalue weighted by atomic mass is 15.0. The maximum Gasteiger partial charge on any atom is 0.0476 e. The fourth-order valence-electron chi connectivity index (χ4n) is 3.64. The molecule has 1 aromatic carbocycles. The minimum atomic E-state index is 0.535. The van der Waals surface area contributed by atoms with Crippen LogP contribution in [0.15, 0.2) is 24.3 Å². The van der Waals surface area contributed by atoms with Crippen LogP contribution < -0.4 is 5.32 Å². The average molecular weight is 284 g/mol. The van der Waals surface area contributed by atoms with Gasteiger partial charge in [0.05, 0.1) is 0 Å². The van der Waals surface area contributed by atoms with Crippen LogP contribution in [-0.2, 0) is 6.42 Å². The standard InChI is InChI=1S/C19H28N2/c1-2-3-4-5-6-7-12-18-19-16(13-14-20-18)15-10-8-9-11-17(15)21-19/h8-11,18,20-21H,2-7,12-14H2,1H3/t18-/m1/s1. The van der Waals surface area contributed by atoms with Gasteiger partial charge in [-0.2, -0.15) is 0 Å². The Labute approximate surface area is 128 Å². The summed E-state index contributed by atoms with van der Waals surface area (Å²) in [5.74, 6) is 0. The largest absolute Gasteiger partial charge is 0.357 e. The molecule has 2 aromatic rings. The van der Waals surface area contributed by atoms with Gasteiger partial charge in [0.25, 0.3) is 0 Å². The Morgan fingerprint density at radius 3 is 2.76 bits per heavy atom. The van der Waals surface area contributed by atoms with Crippen molar-refractivity contribution in [1.82, 2.24) is 10.3 Å². The van der Waals surface area contributed by atoms with Gasteiger partial charge in [-0.05, 0) is 31.0 Å². The zero-order chi connectivity index (χ0) is 14.5. The van der Waals surface area contributed by atoms with Crippen LogP contribution in [0, 0.1) is 0 Å². The molecule has 114 valence electrons. The molecule has 2 heteroatoms. The lowest BCUT2D eigenvalue weighted by Crippen LogP contribution is -2.29. The molecule has 2 nitrogen and oxygen atoms in total. The monoisotopic (exact) mass is 284 g/mol. The Hall–Kier alpha value is -1.28. The third kappa shape index (κ3) is 3.32. The SMILES string of the molecule is CCCCCCCC[C@H]1NCCc2c1[nH]c1ccccc21. The molecular weight excluding hydrogens is 256 g/mol. The van der Waals surface area contributed by atoms with Gasteiger partial charge in [-0.25, -0.2) is 0 Å². The highest BCUT2D eigenvalue weighted by molar-refractivity contribution is 5.85. The molecule has 2 heterocycles. The van der Waals surface area contributed by atoms with E-state index in [1.165, 1.54) is 61.5 Å². The molecule has 1 aliphatic rings. The Balaban J connectivity index is 1.61. The van der Waals surface area contributed by atoms with Crippen molar-refractivity contribution in [3.63, 3.8) is 0 Å². The molecule has 0 bridgehead atoms. The van der Waals surface area contributed by atoms with Crippen molar-refractivity contribution in [2.75, 3.05) is 6.54 Å². The first-order valence-corrected chi connectivity index (χ1v) is 8.73. The van der Waals surface area contributed by atoms with Gasteiger partial charge in [0, 0.05) is 22.6 Å². The molecule has 0 spiro atoms. The molecule has 1 aliphatic heterocycles. The Morgan fingerprint density at radius 1 is 1.05 bits per heavy atom. The molecule has 0 saturated heterocycles. The Morgan fingerprint density at radius 2 is 1.86 bits per heavy atom. The van der Waals surface area contributed by atoms with E-state index in [0.29, 0.717) is 6.04 Å². The van der Waals surface area contributed by atoms with E-state index in [4.69, 9.17) is 0 Å². The van der Waals surface area contributed by atoms with E-state index in [-0.39, 0.29) is 0 Å². The van der Waals surface area contributed by atoms with Gasteiger partial charge < -0.3 is 10.3 Å². The van der Waals surface area contributed by atoms with Crippen molar-refractivity contribution in [2.45, 2.75) is 64.3 Å². The second-order valence-corrected chi connectivity index (χ2v) is 6.38. The highest BCUT2D eigenvalue weighted by Crippen LogP contribution is 2.32. The molecule has 0 aliphatic carbocycles. The summed E-state index contributed by atoms with van der Waals surface area (Å²) in [6.45, 7) is 3.40. The summed E-state index contributed by atoms with van der Waals surface area (Å²) >= 11 is 0. The molecule has 2 N–H and O–H groups in total. The number of nitrogens with one attached hydrogen (secondary N) is 2. The molecule has 21 heavy (non-hydrogen) atoms. The zero-order valence-corrected chi connectivity index (χ0v) is 13.3. The first-order valence-electron chi connectivity index (χ1n) is 8.73. The van der Waals surface area contributed by atoms with Gasteiger partial charge in [0.15, 0.2) is 0 Å². The fraction of sp³-hybridized carbons (Fsp3) is 0.579. The number of hydrogen-bond acceptors (Lipinski definition) is 1. The number of unbranched alkanes of at least 4 members (excludes halogenated alkanes) is 5. The highest BCUT2D eigenvalue weighted by Gasteiger charge is 2.22. The number of H-pyrrole nitrogens is 1. The van der Waals surface area contributed by atoms with Crippen molar-refractivity contribution >= 4 is 10.9 Å². The van der Waals surface area contributed by atoms with E-state index in [1.807, 2.05) is 0 Å². The third-order valence-electron chi connectivity index (χ3n) is 4.81. The number of rotatable bonds is 7. The van der Waals surface area contributed by atoms with Crippen molar-refractivity contribution in [3.05, 3.63) is 35.5 Å². The van der Waals surface area contributed by atoms with Crippen LogP contribution in [0.4, 0.5) is 0 Å². The van der Waals surface area contributed by atoms with E-state index in [9.17, 15) is 0 Å². The lowest BCUT2D eigenvalue weighted by molar-refractivity contribution is 0.443. The lowest BCUT2D eigenvalue weighted by atomic mass is 9.95. The van der Waals surface area contributed by atoms with Crippen LogP contribution in [0.3, 0.4) is 0 Å². The average Bonchev–Trinajstić information content (AvgIpc) is 2.90. The molecule has 3 rings (SSSR count). The molecule has 0 saturated carbocycles. The van der Waals surface area contributed by atoms with Gasteiger partial charge in [-0.3, -0.25) is 0 Å². The topological polar surface area (TPSA) is 27.8 Å². The van der Waals surface area contributed by atoms with E-state index in [0.717, 1.165) is 13.0 Å². The van der Waals surface area contributed by atoms with Crippen LogP contribution in [0.1, 0.15) is 69.2 Å². The quantitative estimate of drug-likeness (QED) is 0.680.